The van der Waals surface area contributed by atoms with Crippen LogP contribution in [0.25, 0.3) is 0 Å². The molecule has 1 N–H and O–H groups in total. The summed E-state index contributed by atoms with van der Waals surface area (Å²) in [6, 6.07) is 5.61. The number of carbonyl (C=O) groups excluding carboxylic acids is 2. The van der Waals surface area contributed by atoms with Crippen molar-refractivity contribution < 1.29 is 14.3 Å². The van der Waals surface area contributed by atoms with Gasteiger partial charge in [0.1, 0.15) is 0 Å². The first kappa shape index (κ1) is 14.3. The summed E-state index contributed by atoms with van der Waals surface area (Å²) in [7, 11) is 1.37. The molecule has 0 saturated carbocycles. The smallest absolute Gasteiger partial charge is 0.409 e. The summed E-state index contributed by atoms with van der Waals surface area (Å²) in [5.41, 5.74) is 0.841. The van der Waals surface area contributed by atoms with Gasteiger partial charge in [0.15, 0.2) is 0 Å². The van der Waals surface area contributed by atoms with Crippen molar-refractivity contribution in [2.24, 2.45) is 5.92 Å². The van der Waals surface area contributed by atoms with Crippen LogP contribution < -0.4 is 5.32 Å². The van der Waals surface area contributed by atoms with Gasteiger partial charge in [-0.2, -0.15) is 0 Å². The van der Waals surface area contributed by atoms with Crippen LogP contribution in [0.2, 0.25) is 0 Å². The first-order chi connectivity index (χ1) is 9.70. The van der Waals surface area contributed by atoms with E-state index in [4.69, 9.17) is 0 Å². The quantitative estimate of drug-likeness (QED) is 0.900. The summed E-state index contributed by atoms with van der Waals surface area (Å²) in [6.07, 6.45) is 2.72. The Hall–Kier alpha value is -2.11. The second-order valence-electron chi connectivity index (χ2n) is 4.77. The van der Waals surface area contributed by atoms with Gasteiger partial charge in [-0.15, -0.1) is 0 Å². The minimum Gasteiger partial charge on any atom is -0.453 e. The van der Waals surface area contributed by atoms with Gasteiger partial charge in [-0.05, 0) is 25.0 Å². The predicted molar refractivity (Wildman–Crippen MR) is 72.8 cm³/mol. The first-order valence-electron chi connectivity index (χ1n) is 6.71. The highest BCUT2D eigenvalue weighted by molar-refractivity contribution is 5.79. The number of methoxy groups -OCH3 is 1. The Morgan fingerprint density at radius 1 is 1.40 bits per heavy atom. The van der Waals surface area contributed by atoms with Gasteiger partial charge in [0.2, 0.25) is 5.91 Å². The Bertz CT molecular complexity index is 456. The van der Waals surface area contributed by atoms with Crippen LogP contribution in [-0.4, -0.2) is 42.1 Å². The number of pyridine rings is 1. The molecule has 6 nitrogen and oxygen atoms in total. The van der Waals surface area contributed by atoms with E-state index in [0.717, 1.165) is 5.69 Å². The van der Waals surface area contributed by atoms with E-state index < -0.39 is 0 Å². The van der Waals surface area contributed by atoms with Gasteiger partial charge in [-0.25, -0.2) is 4.79 Å². The molecule has 0 aliphatic carbocycles. The molecule has 0 atom stereocenters. The molecule has 0 spiro atoms. The largest absolute Gasteiger partial charge is 0.453 e. The summed E-state index contributed by atoms with van der Waals surface area (Å²) in [5, 5.41) is 2.89. The topological polar surface area (TPSA) is 71.5 Å². The summed E-state index contributed by atoms with van der Waals surface area (Å²) < 4.78 is 4.67. The zero-order valence-corrected chi connectivity index (χ0v) is 11.5. The van der Waals surface area contributed by atoms with Crippen LogP contribution in [0.1, 0.15) is 18.5 Å². The Kier molecular flexibility index (Phi) is 4.92. The van der Waals surface area contributed by atoms with E-state index in [1.54, 1.807) is 11.1 Å². The Balaban J connectivity index is 1.76. The van der Waals surface area contributed by atoms with E-state index in [2.05, 4.69) is 15.0 Å². The lowest BCUT2D eigenvalue weighted by atomic mass is 9.96. The third-order valence-corrected chi connectivity index (χ3v) is 3.47. The third-order valence-electron chi connectivity index (χ3n) is 3.47. The van der Waals surface area contributed by atoms with E-state index in [-0.39, 0.29) is 17.9 Å². The van der Waals surface area contributed by atoms with E-state index in [0.29, 0.717) is 32.5 Å². The highest BCUT2D eigenvalue weighted by Crippen LogP contribution is 2.17. The maximum Gasteiger partial charge on any atom is 0.409 e. The zero-order valence-electron chi connectivity index (χ0n) is 11.5. The fourth-order valence-corrected chi connectivity index (χ4v) is 2.28. The van der Waals surface area contributed by atoms with Gasteiger partial charge in [-0.1, -0.05) is 6.07 Å². The molecule has 2 heterocycles. The zero-order chi connectivity index (χ0) is 14.4. The van der Waals surface area contributed by atoms with E-state index in [9.17, 15) is 9.59 Å². The van der Waals surface area contributed by atoms with Gasteiger partial charge in [-0.3, -0.25) is 9.78 Å². The number of nitrogens with one attached hydrogen (secondary N) is 1. The Morgan fingerprint density at radius 3 is 2.75 bits per heavy atom. The number of ether oxygens (including phenoxy) is 1. The van der Waals surface area contributed by atoms with Gasteiger partial charge in [0, 0.05) is 25.2 Å². The lowest BCUT2D eigenvalue weighted by molar-refractivity contribution is -0.126. The molecule has 108 valence electrons. The highest BCUT2D eigenvalue weighted by Gasteiger charge is 2.27. The molecule has 20 heavy (non-hydrogen) atoms. The third kappa shape index (κ3) is 3.69. The molecule has 0 bridgehead atoms. The van der Waals surface area contributed by atoms with Crippen LogP contribution >= 0.6 is 0 Å². The van der Waals surface area contributed by atoms with Crippen molar-refractivity contribution in [3.8, 4) is 0 Å². The van der Waals surface area contributed by atoms with E-state index in [1.165, 1.54) is 7.11 Å². The number of hydrogen-bond donors (Lipinski definition) is 1. The summed E-state index contributed by atoms with van der Waals surface area (Å²) in [5.74, 6) is -0.0141. The maximum atomic E-state index is 12.0. The summed E-state index contributed by atoms with van der Waals surface area (Å²) in [4.78, 5) is 29.2. The molecule has 0 radical (unpaired) electrons. The summed E-state index contributed by atoms with van der Waals surface area (Å²) >= 11 is 0. The van der Waals surface area contributed by atoms with Gasteiger partial charge in [0.25, 0.3) is 0 Å². The fraction of sp³-hybridized carbons (Fsp3) is 0.500. The lowest BCUT2D eigenvalue weighted by Crippen LogP contribution is -2.42. The number of piperidine rings is 1. The van der Waals surface area contributed by atoms with Crippen LogP contribution in [0.4, 0.5) is 4.79 Å². The normalized spacial score (nSPS) is 15.8. The monoisotopic (exact) mass is 277 g/mol. The molecule has 2 rings (SSSR count). The number of amides is 2. The molecule has 0 unspecified atom stereocenters. The molecule has 1 fully saturated rings. The number of carbonyl (C=O) groups is 2. The number of hydrogen-bond acceptors (Lipinski definition) is 4. The molecule has 1 aromatic heterocycles. The van der Waals surface area contributed by atoms with Crippen molar-refractivity contribution in [3.05, 3.63) is 30.1 Å². The molecule has 1 saturated heterocycles. The van der Waals surface area contributed by atoms with Crippen molar-refractivity contribution in [2.75, 3.05) is 20.2 Å². The average molecular weight is 277 g/mol. The standard InChI is InChI=1S/C14H19N3O3/c1-20-14(19)17-8-5-11(6-9-17)13(18)16-10-12-4-2-3-7-15-12/h2-4,7,11H,5-6,8-10H2,1H3,(H,16,18). The van der Waals surface area contributed by atoms with Gasteiger partial charge in [0.05, 0.1) is 19.3 Å². The minimum atomic E-state index is -0.322. The maximum absolute atomic E-state index is 12.0. The van der Waals surface area contributed by atoms with E-state index in [1.807, 2.05) is 18.2 Å². The van der Waals surface area contributed by atoms with Crippen molar-refractivity contribution in [1.82, 2.24) is 15.2 Å². The van der Waals surface area contributed by atoms with E-state index >= 15 is 0 Å². The van der Waals surface area contributed by atoms with Crippen LogP contribution in [-0.2, 0) is 16.1 Å². The molecule has 1 aromatic rings. The molecule has 1 aliphatic rings. The van der Waals surface area contributed by atoms with Gasteiger partial charge < -0.3 is 15.0 Å². The number of rotatable bonds is 3. The SMILES string of the molecule is COC(=O)N1CCC(C(=O)NCc2ccccn2)CC1. The molecule has 2 amide bonds. The second-order valence-corrected chi connectivity index (χ2v) is 4.77. The van der Waals surface area contributed by atoms with Crippen LogP contribution in [0, 0.1) is 5.92 Å². The number of aromatic nitrogens is 1. The molecule has 0 aromatic carbocycles. The van der Waals surface area contributed by atoms with Crippen molar-refractivity contribution >= 4 is 12.0 Å². The minimum absolute atomic E-state index is 0.0279. The summed E-state index contributed by atoms with van der Waals surface area (Å²) in [6.45, 7) is 1.57. The van der Waals surface area contributed by atoms with Crippen LogP contribution in [0.3, 0.4) is 0 Å². The highest BCUT2D eigenvalue weighted by atomic mass is 16.5. The van der Waals surface area contributed by atoms with Crippen molar-refractivity contribution in [2.45, 2.75) is 19.4 Å². The average Bonchev–Trinajstić information content (AvgIpc) is 2.53. The molecular weight excluding hydrogens is 258 g/mol. The lowest BCUT2D eigenvalue weighted by Gasteiger charge is -2.30. The Labute approximate surface area is 118 Å². The van der Waals surface area contributed by atoms with Crippen LogP contribution in [0.5, 0.6) is 0 Å². The van der Waals surface area contributed by atoms with Gasteiger partial charge >= 0.3 is 6.09 Å². The Morgan fingerprint density at radius 2 is 2.15 bits per heavy atom. The predicted octanol–water partition coefficient (Wildman–Crippen LogP) is 1.18. The number of nitrogens with zero attached hydrogens (tertiary/aromatic N) is 2. The van der Waals surface area contributed by atoms with Crippen molar-refractivity contribution in [3.63, 3.8) is 0 Å². The molecule has 6 heteroatoms. The number of likely N-dealkylation sites (tertiary alicyclic amines) is 1. The molecular formula is C14H19N3O3. The van der Waals surface area contributed by atoms with Crippen LogP contribution in [0.15, 0.2) is 24.4 Å². The fourth-order valence-electron chi connectivity index (χ4n) is 2.28. The first-order valence-corrected chi connectivity index (χ1v) is 6.71. The molecule has 1 aliphatic heterocycles. The van der Waals surface area contributed by atoms with Crippen molar-refractivity contribution in [1.29, 1.82) is 0 Å². The second kappa shape index (κ2) is 6.88.